The molecular weight excluding hydrogens is 274 g/mol. The van der Waals surface area contributed by atoms with Crippen LogP contribution in [0.4, 0.5) is 0 Å². The number of methoxy groups -OCH3 is 1. The van der Waals surface area contributed by atoms with Crippen LogP contribution < -0.4 is 9.46 Å². The first-order valence-corrected chi connectivity index (χ1v) is 8.31. The van der Waals surface area contributed by atoms with Gasteiger partial charge in [0.15, 0.2) is 0 Å². The van der Waals surface area contributed by atoms with Crippen molar-refractivity contribution in [2.24, 2.45) is 0 Å². The highest BCUT2D eigenvalue weighted by Crippen LogP contribution is 2.30. The zero-order valence-corrected chi connectivity index (χ0v) is 14.0. The van der Waals surface area contributed by atoms with E-state index in [0.29, 0.717) is 5.75 Å². The van der Waals surface area contributed by atoms with Crippen LogP contribution in [0.3, 0.4) is 0 Å². The van der Waals surface area contributed by atoms with Gasteiger partial charge in [-0.25, -0.2) is 13.1 Å². The van der Waals surface area contributed by atoms with Gasteiger partial charge in [0.2, 0.25) is 10.0 Å². The molecule has 1 aromatic rings. The number of ether oxygens (including phenoxy) is 1. The van der Waals surface area contributed by atoms with Gasteiger partial charge in [-0.1, -0.05) is 33.8 Å². The number of nitrogens with one attached hydrogen (secondary N) is 1. The normalized spacial score (nSPS) is 14.1. The molecule has 0 aliphatic carbocycles. The maximum atomic E-state index is 12.5. The van der Waals surface area contributed by atoms with E-state index in [1.165, 1.54) is 7.11 Å². The highest BCUT2D eigenvalue weighted by Gasteiger charge is 2.24. The minimum Gasteiger partial charge on any atom is -0.495 e. The van der Waals surface area contributed by atoms with Crippen LogP contribution in [0, 0.1) is 0 Å². The first-order valence-electron chi connectivity index (χ1n) is 6.82. The molecule has 0 heterocycles. The van der Waals surface area contributed by atoms with Gasteiger partial charge in [0.25, 0.3) is 0 Å². The Balaban J connectivity index is 3.34. The number of sulfonamides is 1. The fourth-order valence-electron chi connectivity index (χ4n) is 1.76. The highest BCUT2D eigenvalue weighted by atomic mass is 32.2. The largest absolute Gasteiger partial charge is 0.495 e. The summed E-state index contributed by atoms with van der Waals surface area (Å²) in [5, 5.41) is 0. The van der Waals surface area contributed by atoms with Crippen molar-refractivity contribution in [3.63, 3.8) is 0 Å². The van der Waals surface area contributed by atoms with E-state index in [4.69, 9.17) is 4.74 Å². The van der Waals surface area contributed by atoms with E-state index >= 15 is 0 Å². The van der Waals surface area contributed by atoms with Crippen LogP contribution in [0.5, 0.6) is 5.75 Å². The molecule has 0 aliphatic rings. The van der Waals surface area contributed by atoms with Crippen molar-refractivity contribution in [1.82, 2.24) is 4.72 Å². The fraction of sp³-hybridized carbons (Fsp3) is 0.600. The zero-order valence-electron chi connectivity index (χ0n) is 13.1. The minimum atomic E-state index is -3.57. The van der Waals surface area contributed by atoms with Gasteiger partial charge >= 0.3 is 0 Å². The average Bonchev–Trinajstić information content (AvgIpc) is 2.36. The van der Waals surface area contributed by atoms with Crippen molar-refractivity contribution in [2.45, 2.75) is 57.4 Å². The average molecular weight is 299 g/mol. The molecule has 114 valence electrons. The van der Waals surface area contributed by atoms with Gasteiger partial charge in [-0.3, -0.25) is 0 Å². The molecule has 20 heavy (non-hydrogen) atoms. The molecule has 0 saturated carbocycles. The molecular formula is C15H25NO3S. The lowest BCUT2D eigenvalue weighted by molar-refractivity contribution is 0.401. The summed E-state index contributed by atoms with van der Waals surface area (Å²) in [6.45, 7) is 9.93. The lowest BCUT2D eigenvalue weighted by Crippen LogP contribution is -2.32. The van der Waals surface area contributed by atoms with E-state index in [1.54, 1.807) is 12.1 Å². The van der Waals surface area contributed by atoms with Crippen LogP contribution >= 0.6 is 0 Å². The van der Waals surface area contributed by atoms with Gasteiger partial charge < -0.3 is 4.74 Å². The van der Waals surface area contributed by atoms with E-state index in [-0.39, 0.29) is 16.4 Å². The summed E-state index contributed by atoms with van der Waals surface area (Å²) >= 11 is 0. The van der Waals surface area contributed by atoms with Crippen molar-refractivity contribution >= 4 is 10.0 Å². The van der Waals surface area contributed by atoms with Crippen LogP contribution in [0.15, 0.2) is 23.1 Å². The molecule has 5 heteroatoms. The van der Waals surface area contributed by atoms with Crippen LogP contribution in [0.25, 0.3) is 0 Å². The quantitative estimate of drug-likeness (QED) is 0.909. The topological polar surface area (TPSA) is 55.4 Å². The molecule has 0 unspecified atom stereocenters. The first-order chi connectivity index (χ1) is 9.11. The molecule has 1 aromatic carbocycles. The summed E-state index contributed by atoms with van der Waals surface area (Å²) in [6.07, 6.45) is 0.737. The second-order valence-corrected chi connectivity index (χ2v) is 7.73. The monoisotopic (exact) mass is 299 g/mol. The maximum absolute atomic E-state index is 12.5. The predicted octanol–water partition coefficient (Wildman–Crippen LogP) is 3.07. The molecule has 0 aromatic heterocycles. The van der Waals surface area contributed by atoms with Gasteiger partial charge in [-0.05, 0) is 36.5 Å². The third-order valence-electron chi connectivity index (χ3n) is 3.29. The SMILES string of the molecule is CC[C@H](C)NS(=O)(=O)c1cc(C(C)(C)C)ccc1OC. The second kappa shape index (κ2) is 6.14. The van der Waals surface area contributed by atoms with Gasteiger partial charge in [0, 0.05) is 6.04 Å². The number of benzene rings is 1. The maximum Gasteiger partial charge on any atom is 0.244 e. The van der Waals surface area contributed by atoms with Crippen LogP contribution in [0.1, 0.15) is 46.6 Å². The smallest absolute Gasteiger partial charge is 0.244 e. The first kappa shape index (κ1) is 17.0. The number of rotatable bonds is 5. The molecule has 0 fully saturated rings. The Labute approximate surface area is 122 Å². The van der Waals surface area contributed by atoms with Crippen LogP contribution in [0.2, 0.25) is 0 Å². The summed E-state index contributed by atoms with van der Waals surface area (Å²) in [5.41, 5.74) is 0.843. The van der Waals surface area contributed by atoms with Crippen molar-refractivity contribution in [2.75, 3.05) is 7.11 Å². The Hall–Kier alpha value is -1.07. The van der Waals surface area contributed by atoms with Crippen LogP contribution in [-0.4, -0.2) is 21.6 Å². The van der Waals surface area contributed by atoms with Gasteiger partial charge in [0.05, 0.1) is 7.11 Å². The summed E-state index contributed by atoms with van der Waals surface area (Å²) in [5.74, 6) is 0.369. The molecule has 1 atom stereocenters. The Morgan fingerprint density at radius 2 is 1.90 bits per heavy atom. The van der Waals surface area contributed by atoms with Gasteiger partial charge in [-0.2, -0.15) is 0 Å². The highest BCUT2D eigenvalue weighted by molar-refractivity contribution is 7.89. The molecule has 4 nitrogen and oxygen atoms in total. The van der Waals surface area contributed by atoms with Gasteiger partial charge in [0.1, 0.15) is 10.6 Å². The van der Waals surface area contributed by atoms with Crippen molar-refractivity contribution in [3.05, 3.63) is 23.8 Å². The van der Waals surface area contributed by atoms with Crippen molar-refractivity contribution in [3.8, 4) is 5.75 Å². The molecule has 0 amide bonds. The Morgan fingerprint density at radius 1 is 1.30 bits per heavy atom. The number of hydrogen-bond donors (Lipinski definition) is 1. The van der Waals surface area contributed by atoms with E-state index in [1.807, 2.05) is 40.7 Å². The zero-order chi connectivity index (χ0) is 15.6. The molecule has 0 spiro atoms. The standard InChI is InChI=1S/C15H25NO3S/c1-7-11(2)16-20(17,18)14-10-12(15(3,4)5)8-9-13(14)19-6/h8-11,16H,7H2,1-6H3/t11-/m0/s1. The summed E-state index contributed by atoms with van der Waals surface area (Å²) in [6, 6.07) is 5.21. The van der Waals surface area contributed by atoms with E-state index in [9.17, 15) is 8.42 Å². The lowest BCUT2D eigenvalue weighted by atomic mass is 9.87. The molecule has 1 rings (SSSR count). The fourth-order valence-corrected chi connectivity index (χ4v) is 3.29. The summed E-state index contributed by atoms with van der Waals surface area (Å²) in [4.78, 5) is 0.202. The molecule has 0 aliphatic heterocycles. The summed E-state index contributed by atoms with van der Waals surface area (Å²) in [7, 11) is -2.09. The lowest BCUT2D eigenvalue weighted by Gasteiger charge is -2.21. The van der Waals surface area contributed by atoms with Gasteiger partial charge in [-0.15, -0.1) is 0 Å². The second-order valence-electron chi connectivity index (χ2n) is 6.05. The molecule has 1 N–H and O–H groups in total. The third-order valence-corrected chi connectivity index (χ3v) is 4.90. The van der Waals surface area contributed by atoms with E-state index < -0.39 is 10.0 Å². The number of hydrogen-bond acceptors (Lipinski definition) is 3. The third kappa shape index (κ3) is 3.96. The Kier molecular flexibility index (Phi) is 5.21. The molecule has 0 saturated heterocycles. The molecule has 0 radical (unpaired) electrons. The Bertz CT molecular complexity index is 559. The predicted molar refractivity (Wildman–Crippen MR) is 81.8 cm³/mol. The van der Waals surface area contributed by atoms with Crippen molar-refractivity contribution < 1.29 is 13.2 Å². The van der Waals surface area contributed by atoms with E-state index in [2.05, 4.69) is 4.72 Å². The molecule has 0 bridgehead atoms. The Morgan fingerprint density at radius 3 is 2.35 bits per heavy atom. The van der Waals surface area contributed by atoms with Crippen LogP contribution in [-0.2, 0) is 15.4 Å². The van der Waals surface area contributed by atoms with E-state index in [0.717, 1.165) is 12.0 Å². The van der Waals surface area contributed by atoms with Crippen molar-refractivity contribution in [1.29, 1.82) is 0 Å². The summed E-state index contributed by atoms with van der Waals surface area (Å²) < 4.78 is 32.8. The minimum absolute atomic E-state index is 0.108.